The third-order valence-corrected chi connectivity index (χ3v) is 4.83. The molecule has 2 aromatic rings. The molecule has 1 aliphatic rings. The van der Waals surface area contributed by atoms with E-state index >= 15 is 0 Å². The Kier molecular flexibility index (Phi) is 5.37. The van der Waals surface area contributed by atoms with Crippen molar-refractivity contribution in [3.8, 4) is 0 Å². The summed E-state index contributed by atoms with van der Waals surface area (Å²) in [6, 6.07) is 15.1. The summed E-state index contributed by atoms with van der Waals surface area (Å²) in [4.78, 5) is 15.0. The normalized spacial score (nSPS) is 18.8. The van der Waals surface area contributed by atoms with Crippen LogP contribution in [-0.4, -0.2) is 23.8 Å². The van der Waals surface area contributed by atoms with Gasteiger partial charge in [-0.1, -0.05) is 35.3 Å². The number of nitrogens with zero attached hydrogens (tertiary/aromatic N) is 1. The molecule has 0 radical (unpaired) electrons. The zero-order chi connectivity index (χ0) is 16.2. The Morgan fingerprint density at radius 1 is 1.00 bits per heavy atom. The second-order valence-electron chi connectivity index (χ2n) is 6.07. The van der Waals surface area contributed by atoms with Crippen LogP contribution >= 0.6 is 23.2 Å². The predicted octanol–water partition coefficient (Wildman–Crippen LogP) is 5.09. The third-order valence-electron chi connectivity index (χ3n) is 4.32. The fraction of sp³-hybridized carbons (Fsp3) is 0.316. The van der Waals surface area contributed by atoms with Gasteiger partial charge in [-0.15, -0.1) is 0 Å². The van der Waals surface area contributed by atoms with E-state index in [4.69, 9.17) is 23.2 Å². The predicted molar refractivity (Wildman–Crippen MR) is 95.2 cm³/mol. The fourth-order valence-corrected chi connectivity index (χ4v) is 3.36. The maximum atomic E-state index is 12.7. The van der Waals surface area contributed by atoms with Gasteiger partial charge in [0.25, 0.3) is 0 Å². The Hall–Kier alpha value is -1.35. The van der Waals surface area contributed by atoms with Crippen molar-refractivity contribution in [3.63, 3.8) is 0 Å². The summed E-state index contributed by atoms with van der Waals surface area (Å²) in [6.45, 7) is 2.71. The van der Waals surface area contributed by atoms with Gasteiger partial charge in [-0.25, -0.2) is 0 Å². The molecular weight excluding hydrogens is 329 g/mol. The number of carbonyl (C=O) groups is 1. The van der Waals surface area contributed by atoms with Gasteiger partial charge in [0.05, 0.1) is 0 Å². The number of Topliss-reactive ketones (excluding diaryl/α,β-unsaturated/α-hetero) is 1. The van der Waals surface area contributed by atoms with Crippen LogP contribution in [0.3, 0.4) is 0 Å². The highest BCUT2D eigenvalue weighted by atomic mass is 35.5. The second kappa shape index (κ2) is 7.48. The highest BCUT2D eigenvalue weighted by Crippen LogP contribution is 2.23. The van der Waals surface area contributed by atoms with E-state index in [1.54, 1.807) is 12.1 Å². The summed E-state index contributed by atoms with van der Waals surface area (Å²) >= 11 is 11.8. The van der Waals surface area contributed by atoms with Gasteiger partial charge in [0.1, 0.15) is 0 Å². The molecule has 23 heavy (non-hydrogen) atoms. The molecule has 0 aromatic heterocycles. The monoisotopic (exact) mass is 347 g/mol. The molecule has 1 unspecified atom stereocenters. The van der Waals surface area contributed by atoms with E-state index in [0.29, 0.717) is 5.02 Å². The molecule has 1 aliphatic heterocycles. The average Bonchev–Trinajstić information content (AvgIpc) is 2.57. The Bertz CT molecular complexity index is 667. The van der Waals surface area contributed by atoms with Gasteiger partial charge in [-0.2, -0.15) is 0 Å². The smallest absolute Gasteiger partial charge is 0.167 e. The number of piperidine rings is 1. The van der Waals surface area contributed by atoms with E-state index in [-0.39, 0.29) is 11.7 Å². The number of ketones is 1. The standard InChI is InChI=1S/C19H19Cl2NO/c20-17-7-3-14(4-8-17)12-22-11-1-2-16(13-22)19(23)15-5-9-18(21)10-6-15/h3-10,16H,1-2,11-13H2. The SMILES string of the molecule is O=C(c1ccc(Cl)cc1)C1CCCN(Cc2ccc(Cl)cc2)C1. The summed E-state index contributed by atoms with van der Waals surface area (Å²) in [5, 5.41) is 1.41. The molecule has 0 N–H and O–H groups in total. The minimum absolute atomic E-state index is 0.0669. The first-order chi connectivity index (χ1) is 11.1. The highest BCUT2D eigenvalue weighted by molar-refractivity contribution is 6.30. The first-order valence-electron chi connectivity index (χ1n) is 7.88. The fourth-order valence-electron chi connectivity index (χ4n) is 3.11. The molecule has 4 heteroatoms. The molecule has 1 heterocycles. The molecule has 1 saturated heterocycles. The number of halogens is 2. The van der Waals surface area contributed by atoms with Crippen LogP contribution in [0.25, 0.3) is 0 Å². The van der Waals surface area contributed by atoms with Gasteiger partial charge in [-0.05, 0) is 61.3 Å². The van der Waals surface area contributed by atoms with Crippen LogP contribution in [0.5, 0.6) is 0 Å². The lowest BCUT2D eigenvalue weighted by Gasteiger charge is -2.32. The van der Waals surface area contributed by atoms with E-state index in [2.05, 4.69) is 4.90 Å². The number of hydrogen-bond acceptors (Lipinski definition) is 2. The van der Waals surface area contributed by atoms with E-state index < -0.39 is 0 Å². The maximum Gasteiger partial charge on any atom is 0.167 e. The van der Waals surface area contributed by atoms with E-state index in [1.165, 1.54) is 5.56 Å². The molecule has 2 aromatic carbocycles. The Labute approximate surface area is 147 Å². The lowest BCUT2D eigenvalue weighted by atomic mass is 9.90. The Morgan fingerprint density at radius 2 is 1.61 bits per heavy atom. The number of hydrogen-bond donors (Lipinski definition) is 0. The van der Waals surface area contributed by atoms with Crippen molar-refractivity contribution in [1.82, 2.24) is 4.90 Å². The molecule has 1 atom stereocenters. The van der Waals surface area contributed by atoms with Crippen molar-refractivity contribution in [1.29, 1.82) is 0 Å². The molecule has 0 aliphatic carbocycles. The Balaban J connectivity index is 1.64. The van der Waals surface area contributed by atoms with Crippen molar-refractivity contribution < 1.29 is 4.79 Å². The largest absolute Gasteiger partial charge is 0.298 e. The summed E-state index contributed by atoms with van der Waals surface area (Å²) in [5.74, 6) is 0.291. The lowest BCUT2D eigenvalue weighted by molar-refractivity contribution is 0.0811. The number of rotatable bonds is 4. The minimum atomic E-state index is 0.0669. The second-order valence-corrected chi connectivity index (χ2v) is 6.94. The molecule has 120 valence electrons. The molecular formula is C19H19Cl2NO. The molecule has 2 nitrogen and oxygen atoms in total. The average molecular weight is 348 g/mol. The lowest BCUT2D eigenvalue weighted by Crippen LogP contribution is -2.38. The van der Waals surface area contributed by atoms with Crippen molar-refractivity contribution in [2.24, 2.45) is 5.92 Å². The van der Waals surface area contributed by atoms with E-state index in [1.807, 2.05) is 36.4 Å². The van der Waals surface area contributed by atoms with Crippen LogP contribution in [0.2, 0.25) is 10.0 Å². The topological polar surface area (TPSA) is 20.3 Å². The maximum absolute atomic E-state index is 12.7. The van der Waals surface area contributed by atoms with Crippen molar-refractivity contribution in [2.45, 2.75) is 19.4 Å². The van der Waals surface area contributed by atoms with Crippen LogP contribution in [0.4, 0.5) is 0 Å². The van der Waals surface area contributed by atoms with Gasteiger partial charge < -0.3 is 0 Å². The van der Waals surface area contributed by atoms with Gasteiger partial charge in [-0.3, -0.25) is 9.69 Å². The molecule has 3 rings (SSSR count). The van der Waals surface area contributed by atoms with Gasteiger partial charge >= 0.3 is 0 Å². The zero-order valence-electron chi connectivity index (χ0n) is 12.8. The van der Waals surface area contributed by atoms with Crippen molar-refractivity contribution in [3.05, 3.63) is 69.7 Å². The summed E-state index contributed by atoms with van der Waals surface area (Å²) in [6.07, 6.45) is 2.01. The van der Waals surface area contributed by atoms with Gasteiger partial charge in [0.2, 0.25) is 0 Å². The van der Waals surface area contributed by atoms with Gasteiger partial charge in [0.15, 0.2) is 5.78 Å². The molecule has 1 fully saturated rings. The van der Waals surface area contributed by atoms with E-state index in [9.17, 15) is 4.79 Å². The summed E-state index contributed by atoms with van der Waals surface area (Å²) < 4.78 is 0. The minimum Gasteiger partial charge on any atom is -0.298 e. The van der Waals surface area contributed by atoms with Crippen LogP contribution in [0.1, 0.15) is 28.8 Å². The number of benzene rings is 2. The van der Waals surface area contributed by atoms with Crippen molar-refractivity contribution >= 4 is 29.0 Å². The van der Waals surface area contributed by atoms with Crippen molar-refractivity contribution in [2.75, 3.05) is 13.1 Å². The molecule has 0 saturated carbocycles. The van der Waals surface area contributed by atoms with Crippen LogP contribution in [-0.2, 0) is 6.54 Å². The molecule has 0 bridgehead atoms. The van der Waals surface area contributed by atoms with Crippen LogP contribution < -0.4 is 0 Å². The van der Waals surface area contributed by atoms with Crippen LogP contribution in [0.15, 0.2) is 48.5 Å². The number of likely N-dealkylation sites (tertiary alicyclic amines) is 1. The molecule has 0 spiro atoms. The summed E-state index contributed by atoms with van der Waals surface area (Å²) in [5.41, 5.74) is 1.99. The first kappa shape index (κ1) is 16.5. The quantitative estimate of drug-likeness (QED) is 0.718. The van der Waals surface area contributed by atoms with Crippen LogP contribution in [0, 0.1) is 5.92 Å². The zero-order valence-corrected chi connectivity index (χ0v) is 14.4. The summed E-state index contributed by atoms with van der Waals surface area (Å²) in [7, 11) is 0. The van der Waals surface area contributed by atoms with E-state index in [0.717, 1.165) is 43.1 Å². The first-order valence-corrected chi connectivity index (χ1v) is 8.64. The van der Waals surface area contributed by atoms with Gasteiger partial charge in [0, 0.05) is 34.6 Å². The molecule has 0 amide bonds. The highest BCUT2D eigenvalue weighted by Gasteiger charge is 2.26. The number of carbonyl (C=O) groups excluding carboxylic acids is 1. The third kappa shape index (κ3) is 4.35. The Morgan fingerprint density at radius 3 is 2.26 bits per heavy atom.